The average molecular weight is 215 g/mol. The molecule has 0 heterocycles. The van der Waals surface area contributed by atoms with Gasteiger partial charge in [-0.25, -0.2) is 8.78 Å². The van der Waals surface area contributed by atoms with E-state index in [-0.39, 0.29) is 11.7 Å². The van der Waals surface area contributed by atoms with E-state index >= 15 is 0 Å². The predicted octanol–water partition coefficient (Wildman–Crippen LogP) is 2.54. The number of aliphatic hydroxyl groups is 1. The first-order valence-corrected chi connectivity index (χ1v) is 4.75. The fourth-order valence-electron chi connectivity index (χ4n) is 1.03. The van der Waals surface area contributed by atoms with Gasteiger partial charge in [-0.15, -0.1) is 0 Å². The lowest BCUT2D eigenvalue weighted by atomic mass is 10.0. The van der Waals surface area contributed by atoms with Gasteiger partial charge in [0.2, 0.25) is 0 Å². The summed E-state index contributed by atoms with van der Waals surface area (Å²) in [5.41, 5.74) is -0.941. The van der Waals surface area contributed by atoms with Crippen LogP contribution in [0.25, 0.3) is 0 Å². The maximum absolute atomic E-state index is 13.2. The Morgan fingerprint density at radius 2 is 1.93 bits per heavy atom. The van der Waals surface area contributed by atoms with E-state index in [2.05, 4.69) is 5.32 Å². The number of anilines is 1. The predicted molar refractivity (Wildman–Crippen MR) is 55.7 cm³/mol. The second-order valence-electron chi connectivity index (χ2n) is 4.12. The topological polar surface area (TPSA) is 32.3 Å². The Labute approximate surface area is 87.9 Å². The summed E-state index contributed by atoms with van der Waals surface area (Å²) in [5, 5.41) is 12.4. The second kappa shape index (κ2) is 4.14. The van der Waals surface area contributed by atoms with Gasteiger partial charge in [0.1, 0.15) is 0 Å². The Kier molecular flexibility index (Phi) is 3.29. The van der Waals surface area contributed by atoms with Crippen LogP contribution in [0.2, 0.25) is 0 Å². The van der Waals surface area contributed by atoms with Gasteiger partial charge in [-0.3, -0.25) is 0 Å². The largest absolute Gasteiger partial charge is 0.388 e. The Bertz CT molecular complexity index is 347. The van der Waals surface area contributed by atoms with Crippen LogP contribution in [0.3, 0.4) is 0 Å². The van der Waals surface area contributed by atoms with Crippen molar-refractivity contribution in [3.63, 3.8) is 0 Å². The summed E-state index contributed by atoms with van der Waals surface area (Å²) in [4.78, 5) is 0. The summed E-state index contributed by atoms with van der Waals surface area (Å²) in [5.74, 6) is -1.82. The number of rotatable bonds is 3. The van der Waals surface area contributed by atoms with Gasteiger partial charge in [0.05, 0.1) is 17.3 Å². The normalized spacial score (nSPS) is 13.7. The monoisotopic (exact) mass is 215 g/mol. The molecule has 0 aliphatic carbocycles. The van der Waals surface area contributed by atoms with Crippen LogP contribution in [-0.4, -0.2) is 16.7 Å². The molecule has 1 aromatic rings. The summed E-state index contributed by atoms with van der Waals surface area (Å²) in [6.45, 7) is 4.90. The number of hydrogen-bond donors (Lipinski definition) is 2. The molecule has 0 aliphatic rings. The summed E-state index contributed by atoms with van der Waals surface area (Å²) in [6.07, 6.45) is 0. The zero-order valence-electron chi connectivity index (χ0n) is 9.01. The van der Waals surface area contributed by atoms with Crippen molar-refractivity contribution < 1.29 is 13.9 Å². The first-order chi connectivity index (χ1) is 6.82. The van der Waals surface area contributed by atoms with E-state index in [0.29, 0.717) is 0 Å². The van der Waals surface area contributed by atoms with E-state index in [1.165, 1.54) is 12.1 Å². The molecule has 1 aromatic carbocycles. The molecule has 0 aromatic heterocycles. The fraction of sp³-hybridized carbons (Fsp3) is 0.455. The smallest absolute Gasteiger partial charge is 0.181 e. The van der Waals surface area contributed by atoms with Gasteiger partial charge in [0, 0.05) is 0 Å². The van der Waals surface area contributed by atoms with Crippen LogP contribution in [0.5, 0.6) is 0 Å². The van der Waals surface area contributed by atoms with Crippen molar-refractivity contribution in [1.82, 2.24) is 0 Å². The van der Waals surface area contributed by atoms with Crippen LogP contribution in [0.1, 0.15) is 20.8 Å². The molecule has 0 radical (unpaired) electrons. The zero-order chi connectivity index (χ0) is 11.6. The van der Waals surface area contributed by atoms with Crippen molar-refractivity contribution in [2.24, 2.45) is 0 Å². The fourth-order valence-corrected chi connectivity index (χ4v) is 1.03. The molecule has 0 saturated heterocycles. The molecule has 0 saturated carbocycles. The standard InChI is InChI=1S/C11H15F2NO/c1-7(11(2,3)15)14-9-6-4-5-8(12)10(9)13/h4-7,14-15H,1-3H3. The number of nitrogens with one attached hydrogen (secondary N) is 1. The lowest BCUT2D eigenvalue weighted by molar-refractivity contribution is 0.0648. The molecule has 2 nitrogen and oxygen atoms in total. The van der Waals surface area contributed by atoms with Crippen molar-refractivity contribution in [2.45, 2.75) is 32.4 Å². The highest BCUT2D eigenvalue weighted by Gasteiger charge is 2.23. The Morgan fingerprint density at radius 1 is 1.33 bits per heavy atom. The van der Waals surface area contributed by atoms with Crippen LogP contribution in [0, 0.1) is 11.6 Å². The maximum atomic E-state index is 13.2. The molecule has 1 atom stereocenters. The van der Waals surface area contributed by atoms with Crippen LogP contribution >= 0.6 is 0 Å². The third-order valence-corrected chi connectivity index (χ3v) is 2.38. The van der Waals surface area contributed by atoms with E-state index in [0.717, 1.165) is 6.07 Å². The molecule has 0 bridgehead atoms. The minimum atomic E-state index is -1.00. The van der Waals surface area contributed by atoms with Gasteiger partial charge in [-0.2, -0.15) is 0 Å². The summed E-state index contributed by atoms with van der Waals surface area (Å²) >= 11 is 0. The zero-order valence-corrected chi connectivity index (χ0v) is 9.01. The van der Waals surface area contributed by atoms with E-state index < -0.39 is 17.2 Å². The summed E-state index contributed by atoms with van der Waals surface area (Å²) in [6, 6.07) is 3.52. The van der Waals surface area contributed by atoms with Gasteiger partial charge in [-0.1, -0.05) is 6.07 Å². The Balaban J connectivity index is 2.86. The quantitative estimate of drug-likeness (QED) is 0.812. The highest BCUT2D eigenvalue weighted by atomic mass is 19.2. The number of benzene rings is 1. The number of hydrogen-bond acceptors (Lipinski definition) is 2. The molecule has 1 unspecified atom stereocenters. The first kappa shape index (κ1) is 11.9. The van der Waals surface area contributed by atoms with Crippen molar-refractivity contribution in [3.8, 4) is 0 Å². The van der Waals surface area contributed by atoms with Gasteiger partial charge in [-0.05, 0) is 32.9 Å². The van der Waals surface area contributed by atoms with Crippen molar-refractivity contribution in [1.29, 1.82) is 0 Å². The Hall–Kier alpha value is -1.16. The lowest BCUT2D eigenvalue weighted by Crippen LogP contribution is -2.39. The minimum Gasteiger partial charge on any atom is -0.388 e. The van der Waals surface area contributed by atoms with Gasteiger partial charge in [0.15, 0.2) is 11.6 Å². The molecule has 15 heavy (non-hydrogen) atoms. The molecule has 84 valence electrons. The highest BCUT2D eigenvalue weighted by molar-refractivity contribution is 5.46. The Morgan fingerprint density at radius 3 is 2.47 bits per heavy atom. The lowest BCUT2D eigenvalue weighted by Gasteiger charge is -2.27. The number of halogens is 2. The third-order valence-electron chi connectivity index (χ3n) is 2.38. The highest BCUT2D eigenvalue weighted by Crippen LogP contribution is 2.20. The van der Waals surface area contributed by atoms with Gasteiger partial charge < -0.3 is 10.4 Å². The molecule has 0 spiro atoms. The van der Waals surface area contributed by atoms with Crippen molar-refractivity contribution >= 4 is 5.69 Å². The molecule has 0 fully saturated rings. The molecule has 4 heteroatoms. The molecule has 2 N–H and O–H groups in total. The van der Waals surface area contributed by atoms with E-state index in [1.54, 1.807) is 20.8 Å². The molecular weight excluding hydrogens is 200 g/mol. The van der Waals surface area contributed by atoms with E-state index in [1.807, 2.05) is 0 Å². The molecular formula is C11H15F2NO. The summed E-state index contributed by atoms with van der Waals surface area (Å²) < 4.78 is 26.1. The van der Waals surface area contributed by atoms with E-state index in [4.69, 9.17) is 0 Å². The van der Waals surface area contributed by atoms with Crippen molar-refractivity contribution in [3.05, 3.63) is 29.8 Å². The molecule has 1 rings (SSSR count). The summed E-state index contributed by atoms with van der Waals surface area (Å²) in [7, 11) is 0. The minimum absolute atomic E-state index is 0.0598. The molecule has 0 aliphatic heterocycles. The first-order valence-electron chi connectivity index (χ1n) is 4.75. The maximum Gasteiger partial charge on any atom is 0.181 e. The van der Waals surface area contributed by atoms with Crippen LogP contribution in [-0.2, 0) is 0 Å². The van der Waals surface area contributed by atoms with Gasteiger partial charge in [0.25, 0.3) is 0 Å². The van der Waals surface area contributed by atoms with E-state index in [9.17, 15) is 13.9 Å². The van der Waals surface area contributed by atoms with Gasteiger partial charge >= 0.3 is 0 Å². The van der Waals surface area contributed by atoms with Crippen molar-refractivity contribution in [2.75, 3.05) is 5.32 Å². The SMILES string of the molecule is CC(Nc1cccc(F)c1F)C(C)(C)O. The average Bonchev–Trinajstić information content (AvgIpc) is 2.11. The van der Waals surface area contributed by atoms with Crippen LogP contribution < -0.4 is 5.32 Å². The van der Waals surface area contributed by atoms with Crippen LogP contribution in [0.4, 0.5) is 14.5 Å². The second-order valence-corrected chi connectivity index (χ2v) is 4.12. The van der Waals surface area contributed by atoms with Crippen LogP contribution in [0.15, 0.2) is 18.2 Å². The molecule has 0 amide bonds. The third kappa shape index (κ3) is 2.89.